The largest absolute Gasteiger partial charge is 0.529 e. The van der Waals surface area contributed by atoms with Crippen molar-refractivity contribution in [1.29, 1.82) is 0 Å². The molecule has 2 aromatic rings. The van der Waals surface area contributed by atoms with Gasteiger partial charge in [0, 0.05) is 19.6 Å². The lowest BCUT2D eigenvalue weighted by Crippen LogP contribution is -1.98. The number of phosphoric acid groups is 1. The zero-order valence-corrected chi connectivity index (χ0v) is 13.2. The minimum atomic E-state index is -3.64. The van der Waals surface area contributed by atoms with Crippen molar-refractivity contribution in [2.45, 2.75) is 0 Å². The van der Waals surface area contributed by atoms with E-state index < -0.39 is 7.82 Å². The van der Waals surface area contributed by atoms with Gasteiger partial charge in [-0.2, -0.15) is 0 Å². The standard InChI is InChI=1S/C14H17O6P/c1-16-12-7-5-6-10-11(20-21(15,18-3)19-4)8-9-13(17-2)14(10)12/h5-9H,1-4H3. The second-order valence-corrected chi connectivity index (χ2v) is 5.86. The highest BCUT2D eigenvalue weighted by Crippen LogP contribution is 2.50. The van der Waals surface area contributed by atoms with E-state index in [0.717, 1.165) is 5.39 Å². The number of methoxy groups -OCH3 is 2. The normalized spacial score (nSPS) is 11.4. The molecule has 0 N–H and O–H groups in total. The number of benzene rings is 2. The van der Waals surface area contributed by atoms with Gasteiger partial charge < -0.3 is 14.0 Å². The SMILES string of the molecule is COc1cccc2c(OP(=O)(OC)OC)ccc(OC)c12. The molecule has 2 aromatic carbocycles. The summed E-state index contributed by atoms with van der Waals surface area (Å²) >= 11 is 0. The molecular weight excluding hydrogens is 295 g/mol. The zero-order chi connectivity index (χ0) is 15.5. The number of hydrogen-bond acceptors (Lipinski definition) is 6. The Hall–Kier alpha value is -1.75. The molecule has 0 fully saturated rings. The van der Waals surface area contributed by atoms with Gasteiger partial charge in [-0.3, -0.25) is 9.05 Å². The summed E-state index contributed by atoms with van der Waals surface area (Å²) in [7, 11) is 2.02. The number of ether oxygens (including phenoxy) is 2. The molecule has 0 aliphatic rings. The van der Waals surface area contributed by atoms with Crippen molar-refractivity contribution >= 4 is 18.6 Å². The number of hydrogen-bond donors (Lipinski definition) is 0. The van der Waals surface area contributed by atoms with Crippen LogP contribution in [0.25, 0.3) is 10.8 Å². The van der Waals surface area contributed by atoms with Gasteiger partial charge in [-0.25, -0.2) is 4.57 Å². The van der Waals surface area contributed by atoms with E-state index in [1.807, 2.05) is 6.07 Å². The first-order valence-electron chi connectivity index (χ1n) is 6.13. The van der Waals surface area contributed by atoms with Crippen LogP contribution in [0.4, 0.5) is 0 Å². The maximum absolute atomic E-state index is 12.1. The van der Waals surface area contributed by atoms with Crippen molar-refractivity contribution in [2.75, 3.05) is 28.4 Å². The quantitative estimate of drug-likeness (QED) is 0.759. The van der Waals surface area contributed by atoms with Gasteiger partial charge in [0.2, 0.25) is 0 Å². The lowest BCUT2D eigenvalue weighted by molar-refractivity contribution is 0.212. The van der Waals surface area contributed by atoms with Crippen molar-refractivity contribution < 1.29 is 27.6 Å². The Balaban J connectivity index is 2.64. The zero-order valence-electron chi connectivity index (χ0n) is 12.3. The minimum absolute atomic E-state index is 0.358. The molecule has 0 heterocycles. The average Bonchev–Trinajstić information content (AvgIpc) is 2.54. The van der Waals surface area contributed by atoms with Gasteiger partial charge in [0.05, 0.1) is 19.6 Å². The maximum Gasteiger partial charge on any atom is 0.529 e. The number of rotatable bonds is 6. The smallest absolute Gasteiger partial charge is 0.496 e. The topological polar surface area (TPSA) is 63.2 Å². The summed E-state index contributed by atoms with van der Waals surface area (Å²) in [6.45, 7) is 0. The first-order valence-corrected chi connectivity index (χ1v) is 7.59. The van der Waals surface area contributed by atoms with Crippen molar-refractivity contribution in [3.63, 3.8) is 0 Å². The van der Waals surface area contributed by atoms with Crippen LogP contribution in [0.3, 0.4) is 0 Å². The second kappa shape index (κ2) is 6.35. The van der Waals surface area contributed by atoms with Crippen molar-refractivity contribution in [2.24, 2.45) is 0 Å². The monoisotopic (exact) mass is 312 g/mol. The summed E-state index contributed by atoms with van der Waals surface area (Å²) in [5.74, 6) is 1.61. The molecule has 0 saturated heterocycles. The molecule has 0 spiro atoms. The van der Waals surface area contributed by atoms with Gasteiger partial charge in [-0.1, -0.05) is 12.1 Å². The van der Waals surface area contributed by atoms with Crippen molar-refractivity contribution in [3.05, 3.63) is 30.3 Å². The van der Waals surface area contributed by atoms with Crippen LogP contribution in [0.2, 0.25) is 0 Å². The molecule has 0 saturated carbocycles. The van der Waals surface area contributed by atoms with E-state index in [-0.39, 0.29) is 0 Å². The third kappa shape index (κ3) is 2.97. The van der Waals surface area contributed by atoms with E-state index in [1.54, 1.807) is 38.5 Å². The Morgan fingerprint density at radius 3 is 1.95 bits per heavy atom. The van der Waals surface area contributed by atoms with E-state index in [4.69, 9.17) is 23.0 Å². The number of fused-ring (bicyclic) bond motifs is 1. The highest BCUT2D eigenvalue weighted by atomic mass is 31.2. The van der Waals surface area contributed by atoms with Gasteiger partial charge in [-0.15, -0.1) is 0 Å². The van der Waals surface area contributed by atoms with Crippen molar-refractivity contribution in [3.8, 4) is 17.2 Å². The average molecular weight is 312 g/mol. The Labute approximate surface area is 123 Å². The van der Waals surface area contributed by atoms with Crippen molar-refractivity contribution in [1.82, 2.24) is 0 Å². The summed E-state index contributed by atoms with van der Waals surface area (Å²) in [5.41, 5.74) is 0. The van der Waals surface area contributed by atoms with E-state index >= 15 is 0 Å². The highest BCUT2D eigenvalue weighted by molar-refractivity contribution is 7.48. The Kier molecular flexibility index (Phi) is 4.73. The molecule has 0 unspecified atom stereocenters. The molecular formula is C14H17O6P. The summed E-state index contributed by atoms with van der Waals surface area (Å²) in [6, 6.07) is 8.77. The van der Waals surface area contributed by atoms with Crippen LogP contribution >= 0.6 is 7.82 Å². The van der Waals surface area contributed by atoms with Crippen LogP contribution in [0.5, 0.6) is 17.2 Å². The van der Waals surface area contributed by atoms with E-state index in [1.165, 1.54) is 14.2 Å². The van der Waals surface area contributed by atoms with Crippen LogP contribution < -0.4 is 14.0 Å². The lowest BCUT2D eigenvalue weighted by atomic mass is 10.1. The summed E-state index contributed by atoms with van der Waals surface area (Å²) in [6.07, 6.45) is 0. The van der Waals surface area contributed by atoms with Gasteiger partial charge in [0.15, 0.2) is 0 Å². The van der Waals surface area contributed by atoms with Crippen LogP contribution in [-0.4, -0.2) is 28.4 Å². The molecule has 114 valence electrons. The molecule has 0 aromatic heterocycles. The fourth-order valence-electron chi connectivity index (χ4n) is 2.00. The summed E-state index contributed by atoms with van der Waals surface area (Å²) in [5, 5.41) is 1.40. The van der Waals surface area contributed by atoms with Crippen LogP contribution in [0.15, 0.2) is 30.3 Å². The molecule has 2 rings (SSSR count). The van der Waals surface area contributed by atoms with Crippen LogP contribution in [-0.2, 0) is 13.6 Å². The molecule has 0 bridgehead atoms. The van der Waals surface area contributed by atoms with E-state index in [9.17, 15) is 4.57 Å². The molecule has 0 radical (unpaired) electrons. The third-order valence-corrected chi connectivity index (χ3v) is 4.34. The molecule has 7 heteroatoms. The van der Waals surface area contributed by atoms with Gasteiger partial charge in [0.1, 0.15) is 17.2 Å². The highest BCUT2D eigenvalue weighted by Gasteiger charge is 2.26. The third-order valence-electron chi connectivity index (χ3n) is 3.02. The first-order chi connectivity index (χ1) is 10.1. The maximum atomic E-state index is 12.1. The molecule has 21 heavy (non-hydrogen) atoms. The fraction of sp³-hybridized carbons (Fsp3) is 0.286. The predicted octanol–water partition coefficient (Wildman–Crippen LogP) is 3.64. The predicted molar refractivity (Wildman–Crippen MR) is 79.3 cm³/mol. The minimum Gasteiger partial charge on any atom is -0.496 e. The van der Waals surface area contributed by atoms with Gasteiger partial charge in [0.25, 0.3) is 0 Å². The molecule has 0 aliphatic heterocycles. The summed E-state index contributed by atoms with van der Waals surface area (Å²) in [4.78, 5) is 0. The van der Waals surface area contributed by atoms with Gasteiger partial charge in [-0.05, 0) is 18.2 Å². The Morgan fingerprint density at radius 1 is 0.810 bits per heavy atom. The molecule has 0 amide bonds. The molecule has 0 aliphatic carbocycles. The van der Waals surface area contributed by atoms with E-state index in [2.05, 4.69) is 0 Å². The summed E-state index contributed by atoms with van der Waals surface area (Å²) < 4.78 is 37.8. The van der Waals surface area contributed by atoms with Crippen LogP contribution in [0, 0.1) is 0 Å². The first kappa shape index (κ1) is 15.6. The lowest BCUT2D eigenvalue weighted by Gasteiger charge is -2.17. The molecule has 0 atom stereocenters. The van der Waals surface area contributed by atoms with Crippen LogP contribution in [0.1, 0.15) is 0 Å². The van der Waals surface area contributed by atoms with Gasteiger partial charge >= 0.3 is 7.82 Å². The Bertz CT molecular complexity index is 666. The number of phosphoric ester groups is 1. The second-order valence-electron chi connectivity index (χ2n) is 4.05. The van der Waals surface area contributed by atoms with E-state index in [0.29, 0.717) is 22.6 Å². The Morgan fingerprint density at radius 2 is 1.38 bits per heavy atom. The fourth-order valence-corrected chi connectivity index (χ4v) is 2.70. The molecule has 6 nitrogen and oxygen atoms in total.